The lowest BCUT2D eigenvalue weighted by Crippen LogP contribution is -2.24. The van der Waals surface area contributed by atoms with Gasteiger partial charge in [0.25, 0.3) is 0 Å². The summed E-state index contributed by atoms with van der Waals surface area (Å²) < 4.78 is 5.68. The number of anilines is 1. The molecule has 0 saturated carbocycles. The second kappa shape index (κ2) is 6.53. The van der Waals surface area contributed by atoms with Crippen molar-refractivity contribution in [2.75, 3.05) is 11.9 Å². The van der Waals surface area contributed by atoms with Crippen LogP contribution in [0.3, 0.4) is 0 Å². The van der Waals surface area contributed by atoms with Crippen molar-refractivity contribution in [1.82, 2.24) is 0 Å². The summed E-state index contributed by atoms with van der Waals surface area (Å²) in [6, 6.07) is 6.83. The average Bonchev–Trinajstić information content (AvgIpc) is 2.28. The molecule has 1 atom stereocenters. The third-order valence-corrected chi connectivity index (χ3v) is 3.02. The van der Waals surface area contributed by atoms with Crippen molar-refractivity contribution in [2.45, 2.75) is 47.1 Å². The van der Waals surface area contributed by atoms with Crippen LogP contribution in [-0.2, 0) is 0 Å². The van der Waals surface area contributed by atoms with E-state index in [-0.39, 0.29) is 0 Å². The van der Waals surface area contributed by atoms with E-state index >= 15 is 0 Å². The average molecular weight is 235 g/mol. The van der Waals surface area contributed by atoms with E-state index in [1.54, 1.807) is 0 Å². The zero-order valence-corrected chi connectivity index (χ0v) is 11.7. The first-order chi connectivity index (χ1) is 8.08. The van der Waals surface area contributed by atoms with Gasteiger partial charge in [-0.1, -0.05) is 26.8 Å². The van der Waals surface area contributed by atoms with Gasteiger partial charge in [-0.25, -0.2) is 0 Å². The molecular formula is C15H25NO. The fourth-order valence-electron chi connectivity index (χ4n) is 1.96. The topological polar surface area (TPSA) is 21.3 Å². The Labute approximate surface area is 105 Å². The molecule has 0 spiro atoms. The van der Waals surface area contributed by atoms with Crippen LogP contribution in [-0.4, -0.2) is 12.6 Å². The van der Waals surface area contributed by atoms with Crippen LogP contribution in [0, 0.1) is 12.8 Å². The molecule has 0 fully saturated rings. The first-order valence-corrected chi connectivity index (χ1v) is 6.58. The lowest BCUT2D eigenvalue weighted by Gasteiger charge is -2.23. The fraction of sp³-hybridized carbons (Fsp3) is 0.600. The Kier molecular flexibility index (Phi) is 5.33. The fourth-order valence-corrected chi connectivity index (χ4v) is 1.96. The Balaban J connectivity index is 2.88. The quantitative estimate of drug-likeness (QED) is 0.796. The van der Waals surface area contributed by atoms with Gasteiger partial charge in [0.2, 0.25) is 0 Å². The predicted octanol–water partition coefficient (Wildman–Crippen LogP) is 4.24. The van der Waals surface area contributed by atoms with E-state index < -0.39 is 0 Å². The summed E-state index contributed by atoms with van der Waals surface area (Å²) in [5.74, 6) is 1.59. The third-order valence-electron chi connectivity index (χ3n) is 3.02. The largest absolute Gasteiger partial charge is 0.492 e. The SMILES string of the molecule is CCOc1cc(C)ccc1NC(CC)C(C)C. The van der Waals surface area contributed by atoms with E-state index in [0.29, 0.717) is 18.6 Å². The highest BCUT2D eigenvalue weighted by Gasteiger charge is 2.13. The Bertz CT molecular complexity index is 347. The highest BCUT2D eigenvalue weighted by atomic mass is 16.5. The standard InChI is InChI=1S/C15H25NO/c1-6-13(11(3)4)16-14-9-8-12(5)10-15(14)17-7-2/h8-11,13,16H,6-7H2,1-5H3. The van der Waals surface area contributed by atoms with Crippen LogP contribution in [0.1, 0.15) is 39.7 Å². The lowest BCUT2D eigenvalue weighted by molar-refractivity contribution is 0.340. The van der Waals surface area contributed by atoms with Crippen LogP contribution in [0.25, 0.3) is 0 Å². The maximum absolute atomic E-state index is 5.68. The number of benzene rings is 1. The smallest absolute Gasteiger partial charge is 0.142 e. The summed E-state index contributed by atoms with van der Waals surface area (Å²) in [5.41, 5.74) is 2.34. The molecule has 96 valence electrons. The van der Waals surface area contributed by atoms with Gasteiger partial charge in [0, 0.05) is 6.04 Å². The molecule has 0 aliphatic heterocycles. The highest BCUT2D eigenvalue weighted by Crippen LogP contribution is 2.27. The van der Waals surface area contributed by atoms with E-state index in [0.717, 1.165) is 17.9 Å². The molecule has 17 heavy (non-hydrogen) atoms. The molecule has 2 nitrogen and oxygen atoms in total. The Morgan fingerprint density at radius 1 is 1.24 bits per heavy atom. The summed E-state index contributed by atoms with van der Waals surface area (Å²) in [4.78, 5) is 0. The minimum Gasteiger partial charge on any atom is -0.492 e. The predicted molar refractivity (Wildman–Crippen MR) is 74.9 cm³/mol. The van der Waals surface area contributed by atoms with E-state index in [2.05, 4.69) is 51.2 Å². The second-order valence-electron chi connectivity index (χ2n) is 4.84. The number of hydrogen-bond donors (Lipinski definition) is 1. The molecule has 2 heteroatoms. The number of nitrogens with one attached hydrogen (secondary N) is 1. The molecule has 1 N–H and O–H groups in total. The molecule has 0 aliphatic rings. The molecular weight excluding hydrogens is 210 g/mol. The van der Waals surface area contributed by atoms with Gasteiger partial charge in [0.1, 0.15) is 5.75 Å². The van der Waals surface area contributed by atoms with Gasteiger partial charge in [-0.3, -0.25) is 0 Å². The molecule has 0 amide bonds. The number of hydrogen-bond acceptors (Lipinski definition) is 2. The zero-order chi connectivity index (χ0) is 12.8. The van der Waals surface area contributed by atoms with E-state index in [4.69, 9.17) is 4.74 Å². The summed E-state index contributed by atoms with van der Waals surface area (Å²) >= 11 is 0. The Morgan fingerprint density at radius 3 is 2.47 bits per heavy atom. The van der Waals surface area contributed by atoms with Crippen molar-refractivity contribution in [2.24, 2.45) is 5.92 Å². The van der Waals surface area contributed by atoms with Crippen molar-refractivity contribution in [1.29, 1.82) is 0 Å². The normalized spacial score (nSPS) is 12.6. The zero-order valence-electron chi connectivity index (χ0n) is 11.7. The Morgan fingerprint density at radius 2 is 1.94 bits per heavy atom. The minimum absolute atomic E-state index is 0.497. The molecule has 1 unspecified atom stereocenters. The van der Waals surface area contributed by atoms with Gasteiger partial charge in [0.05, 0.1) is 12.3 Å². The molecule has 1 aromatic rings. The molecule has 0 radical (unpaired) electrons. The summed E-state index contributed by atoms with van der Waals surface area (Å²) in [6.45, 7) is 11.5. The van der Waals surface area contributed by atoms with E-state index in [1.165, 1.54) is 5.56 Å². The van der Waals surface area contributed by atoms with Crippen molar-refractivity contribution >= 4 is 5.69 Å². The summed E-state index contributed by atoms with van der Waals surface area (Å²) in [5, 5.41) is 3.58. The molecule has 0 heterocycles. The van der Waals surface area contributed by atoms with Crippen molar-refractivity contribution in [3.63, 3.8) is 0 Å². The van der Waals surface area contributed by atoms with Crippen LogP contribution < -0.4 is 10.1 Å². The first kappa shape index (κ1) is 13.9. The Hall–Kier alpha value is -1.18. The van der Waals surface area contributed by atoms with Crippen LogP contribution in [0.5, 0.6) is 5.75 Å². The summed E-state index contributed by atoms with van der Waals surface area (Å²) in [7, 11) is 0. The molecule has 1 aromatic carbocycles. The summed E-state index contributed by atoms with van der Waals surface area (Å²) in [6.07, 6.45) is 1.12. The maximum Gasteiger partial charge on any atom is 0.142 e. The first-order valence-electron chi connectivity index (χ1n) is 6.58. The minimum atomic E-state index is 0.497. The second-order valence-corrected chi connectivity index (χ2v) is 4.84. The molecule has 0 bridgehead atoms. The van der Waals surface area contributed by atoms with Gasteiger partial charge < -0.3 is 10.1 Å². The van der Waals surface area contributed by atoms with Crippen LogP contribution >= 0.6 is 0 Å². The van der Waals surface area contributed by atoms with Crippen molar-refractivity contribution < 1.29 is 4.74 Å². The molecule has 0 saturated heterocycles. The van der Waals surface area contributed by atoms with Crippen LogP contribution in [0.4, 0.5) is 5.69 Å². The monoisotopic (exact) mass is 235 g/mol. The number of ether oxygens (including phenoxy) is 1. The van der Waals surface area contributed by atoms with Gasteiger partial charge in [-0.15, -0.1) is 0 Å². The molecule has 1 rings (SSSR count). The number of rotatable bonds is 6. The van der Waals surface area contributed by atoms with Gasteiger partial charge >= 0.3 is 0 Å². The number of aryl methyl sites for hydroxylation is 1. The lowest BCUT2D eigenvalue weighted by atomic mass is 10.0. The molecule has 0 aromatic heterocycles. The van der Waals surface area contributed by atoms with Gasteiger partial charge in [0.15, 0.2) is 0 Å². The van der Waals surface area contributed by atoms with Gasteiger partial charge in [-0.05, 0) is 43.9 Å². The van der Waals surface area contributed by atoms with E-state index in [9.17, 15) is 0 Å². The highest BCUT2D eigenvalue weighted by molar-refractivity contribution is 5.58. The van der Waals surface area contributed by atoms with Crippen molar-refractivity contribution in [3.8, 4) is 5.75 Å². The van der Waals surface area contributed by atoms with Crippen molar-refractivity contribution in [3.05, 3.63) is 23.8 Å². The van der Waals surface area contributed by atoms with Gasteiger partial charge in [-0.2, -0.15) is 0 Å². The third kappa shape index (κ3) is 3.95. The maximum atomic E-state index is 5.68. The van der Waals surface area contributed by atoms with Crippen LogP contribution in [0.15, 0.2) is 18.2 Å². The molecule has 0 aliphatic carbocycles. The van der Waals surface area contributed by atoms with E-state index in [1.807, 2.05) is 6.92 Å². The van der Waals surface area contributed by atoms with Crippen LogP contribution in [0.2, 0.25) is 0 Å².